The first-order chi connectivity index (χ1) is 10.7. The molecule has 114 valence electrons. The number of aryl methyl sites for hydroxylation is 1. The molecule has 0 unspecified atom stereocenters. The van der Waals surface area contributed by atoms with Crippen molar-refractivity contribution in [1.82, 2.24) is 0 Å². The summed E-state index contributed by atoms with van der Waals surface area (Å²) in [6.45, 7) is 2.78. The Hall–Kier alpha value is -2.49. The number of benzene rings is 2. The van der Waals surface area contributed by atoms with Gasteiger partial charge in [0, 0.05) is 5.56 Å². The topological polar surface area (TPSA) is 55.8 Å². The number of ether oxygens (including phenoxy) is 2. The van der Waals surface area contributed by atoms with Gasteiger partial charge >= 0.3 is 5.97 Å². The summed E-state index contributed by atoms with van der Waals surface area (Å²) >= 11 is 0. The number of carboxylic acid groups (broad SMARTS) is 1. The van der Waals surface area contributed by atoms with E-state index < -0.39 is 5.97 Å². The third-order valence-electron chi connectivity index (χ3n) is 3.81. The Kier molecular flexibility index (Phi) is 4.00. The molecule has 1 aliphatic heterocycles. The molecule has 1 N–H and O–H groups in total. The standard InChI is InChI=1S/C18H18O4/c1-12-10-15(22-11-13-6-3-2-4-7-13)14-8-5-9-21-17(14)16(12)18(19)20/h2-4,6-7,10H,5,8-9,11H2,1H3,(H,19,20). The van der Waals surface area contributed by atoms with Crippen molar-refractivity contribution in [3.63, 3.8) is 0 Å². The van der Waals surface area contributed by atoms with Crippen molar-refractivity contribution in [1.29, 1.82) is 0 Å². The number of carbonyl (C=O) groups is 1. The smallest absolute Gasteiger partial charge is 0.339 e. The molecular formula is C18H18O4. The van der Waals surface area contributed by atoms with E-state index in [1.807, 2.05) is 30.3 Å². The highest BCUT2D eigenvalue weighted by Gasteiger charge is 2.25. The molecule has 0 atom stereocenters. The number of aromatic carboxylic acids is 1. The first kappa shape index (κ1) is 14.4. The number of hydrogen-bond donors (Lipinski definition) is 1. The van der Waals surface area contributed by atoms with Crippen molar-refractivity contribution in [2.24, 2.45) is 0 Å². The predicted molar refractivity (Wildman–Crippen MR) is 82.7 cm³/mol. The van der Waals surface area contributed by atoms with Crippen LogP contribution in [0.25, 0.3) is 0 Å². The third-order valence-corrected chi connectivity index (χ3v) is 3.81. The number of rotatable bonds is 4. The Bertz CT molecular complexity index is 692. The van der Waals surface area contributed by atoms with Gasteiger partial charge in [0.1, 0.15) is 23.7 Å². The molecule has 3 rings (SSSR count). The Balaban J connectivity index is 1.94. The summed E-state index contributed by atoms with van der Waals surface area (Å²) in [7, 11) is 0. The van der Waals surface area contributed by atoms with Crippen molar-refractivity contribution < 1.29 is 19.4 Å². The Morgan fingerprint density at radius 1 is 1.32 bits per heavy atom. The second-order valence-electron chi connectivity index (χ2n) is 5.41. The number of hydrogen-bond acceptors (Lipinski definition) is 3. The first-order valence-corrected chi connectivity index (χ1v) is 7.36. The molecule has 2 aromatic carbocycles. The van der Waals surface area contributed by atoms with Crippen LogP contribution in [-0.4, -0.2) is 17.7 Å². The van der Waals surface area contributed by atoms with E-state index in [9.17, 15) is 9.90 Å². The molecule has 0 spiro atoms. The van der Waals surface area contributed by atoms with Gasteiger partial charge in [-0.1, -0.05) is 30.3 Å². The minimum atomic E-state index is -0.953. The lowest BCUT2D eigenvalue weighted by atomic mass is 9.97. The lowest BCUT2D eigenvalue weighted by Gasteiger charge is -2.23. The van der Waals surface area contributed by atoms with Gasteiger partial charge < -0.3 is 14.6 Å². The molecule has 0 bridgehead atoms. The molecule has 0 amide bonds. The van der Waals surface area contributed by atoms with Crippen molar-refractivity contribution in [2.75, 3.05) is 6.61 Å². The molecule has 0 aliphatic carbocycles. The van der Waals surface area contributed by atoms with Crippen LogP contribution in [0.3, 0.4) is 0 Å². The zero-order valence-corrected chi connectivity index (χ0v) is 12.5. The molecule has 0 radical (unpaired) electrons. The van der Waals surface area contributed by atoms with Crippen molar-refractivity contribution in [3.8, 4) is 11.5 Å². The van der Waals surface area contributed by atoms with Crippen LogP contribution in [0.5, 0.6) is 11.5 Å². The maximum absolute atomic E-state index is 11.5. The highest BCUT2D eigenvalue weighted by Crippen LogP contribution is 2.38. The number of carboxylic acids is 1. The normalized spacial score (nSPS) is 13.1. The summed E-state index contributed by atoms with van der Waals surface area (Å²) in [4.78, 5) is 11.5. The highest BCUT2D eigenvalue weighted by molar-refractivity contribution is 5.93. The van der Waals surface area contributed by atoms with Crippen LogP contribution in [0.4, 0.5) is 0 Å². The maximum atomic E-state index is 11.5. The minimum absolute atomic E-state index is 0.252. The molecule has 22 heavy (non-hydrogen) atoms. The first-order valence-electron chi connectivity index (χ1n) is 7.36. The largest absolute Gasteiger partial charge is 0.492 e. The van der Waals surface area contributed by atoms with Crippen LogP contribution < -0.4 is 9.47 Å². The minimum Gasteiger partial charge on any atom is -0.492 e. The summed E-state index contributed by atoms with van der Waals surface area (Å²) in [5.74, 6) is 0.244. The fourth-order valence-electron chi connectivity index (χ4n) is 2.75. The lowest BCUT2D eigenvalue weighted by molar-refractivity contribution is 0.0690. The molecular weight excluding hydrogens is 280 g/mol. The molecule has 4 heteroatoms. The Morgan fingerprint density at radius 2 is 2.09 bits per heavy atom. The number of fused-ring (bicyclic) bond motifs is 1. The maximum Gasteiger partial charge on any atom is 0.339 e. The van der Waals surface area contributed by atoms with Gasteiger partial charge in [0.25, 0.3) is 0 Å². The molecule has 0 saturated heterocycles. The molecule has 0 fully saturated rings. The van der Waals surface area contributed by atoms with Gasteiger partial charge in [0.15, 0.2) is 0 Å². The van der Waals surface area contributed by atoms with Gasteiger partial charge in [-0.3, -0.25) is 0 Å². The van der Waals surface area contributed by atoms with E-state index in [-0.39, 0.29) is 5.56 Å². The van der Waals surface area contributed by atoms with Gasteiger partial charge in [-0.25, -0.2) is 4.79 Å². The molecule has 4 nitrogen and oxygen atoms in total. The highest BCUT2D eigenvalue weighted by atomic mass is 16.5. The zero-order chi connectivity index (χ0) is 15.5. The van der Waals surface area contributed by atoms with Crippen LogP contribution >= 0.6 is 0 Å². The van der Waals surface area contributed by atoms with E-state index in [0.717, 1.165) is 29.7 Å². The summed E-state index contributed by atoms with van der Waals surface area (Å²) in [5, 5.41) is 9.40. The second-order valence-corrected chi connectivity index (χ2v) is 5.41. The lowest BCUT2D eigenvalue weighted by Crippen LogP contribution is -2.15. The third kappa shape index (κ3) is 2.77. The van der Waals surface area contributed by atoms with E-state index in [1.165, 1.54) is 0 Å². The molecule has 0 aromatic heterocycles. The fraction of sp³-hybridized carbons (Fsp3) is 0.278. The summed E-state index contributed by atoms with van der Waals surface area (Å²) < 4.78 is 11.6. The van der Waals surface area contributed by atoms with Crippen molar-refractivity contribution >= 4 is 5.97 Å². The van der Waals surface area contributed by atoms with Crippen LogP contribution in [0.2, 0.25) is 0 Å². The van der Waals surface area contributed by atoms with Gasteiger partial charge in [-0.2, -0.15) is 0 Å². The van der Waals surface area contributed by atoms with Crippen LogP contribution in [0.15, 0.2) is 36.4 Å². The van der Waals surface area contributed by atoms with E-state index in [4.69, 9.17) is 9.47 Å². The van der Waals surface area contributed by atoms with Gasteiger partial charge in [-0.05, 0) is 37.0 Å². The van der Waals surface area contributed by atoms with E-state index in [0.29, 0.717) is 24.5 Å². The van der Waals surface area contributed by atoms with Crippen LogP contribution in [-0.2, 0) is 13.0 Å². The van der Waals surface area contributed by atoms with Gasteiger partial charge in [-0.15, -0.1) is 0 Å². The average molecular weight is 298 g/mol. The fourth-order valence-corrected chi connectivity index (χ4v) is 2.75. The average Bonchev–Trinajstić information content (AvgIpc) is 2.53. The zero-order valence-electron chi connectivity index (χ0n) is 12.5. The van der Waals surface area contributed by atoms with Crippen LogP contribution in [0, 0.1) is 6.92 Å². The Labute approximate surface area is 129 Å². The molecule has 0 saturated carbocycles. The van der Waals surface area contributed by atoms with Gasteiger partial charge in [0.2, 0.25) is 0 Å². The molecule has 2 aromatic rings. The van der Waals surface area contributed by atoms with E-state index >= 15 is 0 Å². The molecule has 1 aliphatic rings. The van der Waals surface area contributed by atoms with Gasteiger partial charge in [0.05, 0.1) is 6.61 Å². The molecule has 1 heterocycles. The Morgan fingerprint density at radius 3 is 2.82 bits per heavy atom. The van der Waals surface area contributed by atoms with Crippen LogP contribution in [0.1, 0.15) is 33.5 Å². The quantitative estimate of drug-likeness (QED) is 0.937. The predicted octanol–water partition coefficient (Wildman–Crippen LogP) is 3.60. The SMILES string of the molecule is Cc1cc(OCc2ccccc2)c2c(c1C(=O)O)OCCC2. The summed E-state index contributed by atoms with van der Waals surface area (Å²) in [6, 6.07) is 11.7. The summed E-state index contributed by atoms with van der Waals surface area (Å²) in [6.07, 6.45) is 1.65. The van der Waals surface area contributed by atoms with Crippen molar-refractivity contribution in [2.45, 2.75) is 26.4 Å². The summed E-state index contributed by atoms with van der Waals surface area (Å²) in [5.41, 5.74) is 2.86. The second kappa shape index (κ2) is 6.10. The van der Waals surface area contributed by atoms with Crippen molar-refractivity contribution in [3.05, 3.63) is 58.7 Å². The monoisotopic (exact) mass is 298 g/mol. The van der Waals surface area contributed by atoms with E-state index in [1.54, 1.807) is 13.0 Å². The van der Waals surface area contributed by atoms with E-state index in [2.05, 4.69) is 0 Å².